The molecular formula is C14H16N2OS. The summed E-state index contributed by atoms with van der Waals surface area (Å²) in [4.78, 5) is 16.4. The minimum atomic E-state index is -0.413. The largest absolute Gasteiger partial charge is 0.291 e. The Labute approximate surface area is 111 Å². The van der Waals surface area contributed by atoms with Crippen LogP contribution < -0.4 is 0 Å². The molecule has 0 fully saturated rings. The Balaban J connectivity index is 2.31. The van der Waals surface area contributed by atoms with Crippen LogP contribution in [0.15, 0.2) is 24.3 Å². The van der Waals surface area contributed by atoms with Crippen molar-refractivity contribution in [1.29, 1.82) is 0 Å². The van der Waals surface area contributed by atoms with Crippen molar-refractivity contribution in [3.05, 3.63) is 34.8 Å². The summed E-state index contributed by atoms with van der Waals surface area (Å²) in [5, 5.41) is 0.484. The molecule has 1 aromatic carbocycles. The van der Waals surface area contributed by atoms with E-state index < -0.39 is 5.41 Å². The van der Waals surface area contributed by atoms with Gasteiger partial charge in [-0.15, -0.1) is 0 Å². The summed E-state index contributed by atoms with van der Waals surface area (Å²) in [5.74, 6) is 0.672. The third-order valence-electron chi connectivity index (χ3n) is 2.61. The van der Waals surface area contributed by atoms with Crippen LogP contribution in [-0.2, 0) is 0 Å². The van der Waals surface area contributed by atoms with Crippen LogP contribution in [0, 0.1) is 12.3 Å². The average molecular weight is 260 g/mol. The van der Waals surface area contributed by atoms with E-state index in [0.29, 0.717) is 10.8 Å². The molecule has 0 atom stereocenters. The SMILES string of the molecule is Cc1ccc(-c2nsc(C(=O)C(C)(C)C)n2)cc1. The first-order chi connectivity index (χ1) is 8.38. The zero-order chi connectivity index (χ0) is 13.3. The molecule has 4 heteroatoms. The van der Waals surface area contributed by atoms with Gasteiger partial charge in [-0.25, -0.2) is 4.98 Å². The third-order valence-corrected chi connectivity index (χ3v) is 3.33. The van der Waals surface area contributed by atoms with E-state index >= 15 is 0 Å². The number of benzene rings is 1. The molecule has 0 radical (unpaired) electrons. The molecule has 94 valence electrons. The summed E-state index contributed by atoms with van der Waals surface area (Å²) in [6.07, 6.45) is 0. The molecule has 0 aliphatic carbocycles. The zero-order valence-corrected chi connectivity index (χ0v) is 11.8. The van der Waals surface area contributed by atoms with Crippen LogP contribution in [0.2, 0.25) is 0 Å². The first kappa shape index (κ1) is 12.9. The number of ketones is 1. The van der Waals surface area contributed by atoms with Gasteiger partial charge >= 0.3 is 0 Å². The molecule has 0 N–H and O–H groups in total. The van der Waals surface area contributed by atoms with E-state index in [0.717, 1.165) is 5.56 Å². The second-order valence-corrected chi connectivity index (χ2v) is 6.12. The molecule has 0 spiro atoms. The highest BCUT2D eigenvalue weighted by Crippen LogP contribution is 2.24. The molecule has 1 heterocycles. The Morgan fingerprint density at radius 1 is 1.17 bits per heavy atom. The molecule has 0 amide bonds. The number of carbonyl (C=O) groups is 1. The minimum absolute atomic E-state index is 0.0401. The summed E-state index contributed by atoms with van der Waals surface area (Å²) in [7, 11) is 0. The van der Waals surface area contributed by atoms with Gasteiger partial charge in [0.15, 0.2) is 16.6 Å². The maximum Gasteiger partial charge on any atom is 0.198 e. The smallest absolute Gasteiger partial charge is 0.198 e. The van der Waals surface area contributed by atoms with Crippen molar-refractivity contribution >= 4 is 17.3 Å². The lowest BCUT2D eigenvalue weighted by atomic mass is 9.91. The van der Waals surface area contributed by atoms with E-state index in [1.54, 1.807) is 0 Å². The quantitative estimate of drug-likeness (QED) is 0.772. The van der Waals surface area contributed by atoms with E-state index in [1.165, 1.54) is 17.1 Å². The Morgan fingerprint density at radius 3 is 2.33 bits per heavy atom. The van der Waals surface area contributed by atoms with E-state index in [-0.39, 0.29) is 5.78 Å². The summed E-state index contributed by atoms with van der Waals surface area (Å²) in [6.45, 7) is 7.71. The van der Waals surface area contributed by atoms with Gasteiger partial charge in [0.1, 0.15) is 0 Å². The monoisotopic (exact) mass is 260 g/mol. The molecule has 2 aromatic rings. The molecule has 1 aromatic heterocycles. The lowest BCUT2D eigenvalue weighted by Crippen LogP contribution is -2.19. The van der Waals surface area contributed by atoms with Crippen molar-refractivity contribution in [2.75, 3.05) is 0 Å². The van der Waals surface area contributed by atoms with Gasteiger partial charge in [-0.2, -0.15) is 4.37 Å². The highest BCUT2D eigenvalue weighted by atomic mass is 32.1. The standard InChI is InChI=1S/C14H16N2OS/c1-9-5-7-10(8-6-9)12-15-13(18-16-12)11(17)14(2,3)4/h5-8H,1-4H3. The molecule has 3 nitrogen and oxygen atoms in total. The first-order valence-electron chi connectivity index (χ1n) is 5.83. The fourth-order valence-corrected chi connectivity index (χ4v) is 2.29. The average Bonchev–Trinajstić information content (AvgIpc) is 2.77. The van der Waals surface area contributed by atoms with Gasteiger partial charge < -0.3 is 0 Å². The van der Waals surface area contributed by atoms with Crippen molar-refractivity contribution in [3.63, 3.8) is 0 Å². The van der Waals surface area contributed by atoms with Crippen LogP contribution in [0.5, 0.6) is 0 Å². The second-order valence-electron chi connectivity index (χ2n) is 5.37. The molecule has 0 bridgehead atoms. The Bertz CT molecular complexity index is 564. The number of nitrogens with zero attached hydrogens (tertiary/aromatic N) is 2. The number of hydrogen-bond acceptors (Lipinski definition) is 4. The zero-order valence-electron chi connectivity index (χ0n) is 11.0. The number of Topliss-reactive ketones (excluding diaryl/α,β-unsaturated/α-hetero) is 1. The lowest BCUT2D eigenvalue weighted by molar-refractivity contribution is 0.0858. The van der Waals surface area contributed by atoms with Crippen LogP contribution in [0.25, 0.3) is 11.4 Å². The highest BCUT2D eigenvalue weighted by molar-refractivity contribution is 7.07. The number of rotatable bonds is 2. The molecule has 0 aliphatic heterocycles. The lowest BCUT2D eigenvalue weighted by Gasteiger charge is -2.13. The molecule has 0 saturated carbocycles. The van der Waals surface area contributed by atoms with Crippen LogP contribution in [0.4, 0.5) is 0 Å². The molecule has 2 rings (SSSR count). The topological polar surface area (TPSA) is 42.9 Å². The predicted octanol–water partition coefficient (Wildman–Crippen LogP) is 3.74. The van der Waals surface area contributed by atoms with E-state index in [1.807, 2.05) is 52.0 Å². The fourth-order valence-electron chi connectivity index (χ4n) is 1.46. The maximum atomic E-state index is 12.1. The van der Waals surface area contributed by atoms with Crippen LogP contribution in [-0.4, -0.2) is 15.1 Å². The van der Waals surface area contributed by atoms with Gasteiger partial charge in [0, 0.05) is 11.0 Å². The maximum absolute atomic E-state index is 12.1. The van der Waals surface area contributed by atoms with Gasteiger partial charge in [-0.1, -0.05) is 50.6 Å². The molecule has 0 unspecified atom stereocenters. The summed E-state index contributed by atoms with van der Waals surface area (Å²) in [5.41, 5.74) is 1.73. The molecule has 0 saturated heterocycles. The van der Waals surface area contributed by atoms with Gasteiger partial charge in [0.2, 0.25) is 0 Å². The van der Waals surface area contributed by atoms with Crippen LogP contribution in [0.1, 0.15) is 36.1 Å². The van der Waals surface area contributed by atoms with Crippen molar-refractivity contribution < 1.29 is 4.79 Å². The first-order valence-corrected chi connectivity index (χ1v) is 6.61. The van der Waals surface area contributed by atoms with Gasteiger partial charge in [0.25, 0.3) is 0 Å². The van der Waals surface area contributed by atoms with Gasteiger partial charge in [-0.3, -0.25) is 4.79 Å². The normalized spacial score (nSPS) is 11.6. The molecule has 0 aliphatic rings. The van der Waals surface area contributed by atoms with Crippen molar-refractivity contribution in [3.8, 4) is 11.4 Å². The Kier molecular flexibility index (Phi) is 3.30. The third kappa shape index (κ3) is 2.64. The number of aromatic nitrogens is 2. The van der Waals surface area contributed by atoms with E-state index in [9.17, 15) is 4.79 Å². The Hall–Kier alpha value is -1.55. The second kappa shape index (κ2) is 4.61. The summed E-state index contributed by atoms with van der Waals surface area (Å²) in [6, 6.07) is 7.98. The highest BCUT2D eigenvalue weighted by Gasteiger charge is 2.26. The van der Waals surface area contributed by atoms with E-state index in [4.69, 9.17) is 0 Å². The predicted molar refractivity (Wildman–Crippen MR) is 73.9 cm³/mol. The van der Waals surface area contributed by atoms with Gasteiger partial charge in [0.05, 0.1) is 0 Å². The van der Waals surface area contributed by atoms with Crippen molar-refractivity contribution in [2.24, 2.45) is 5.41 Å². The van der Waals surface area contributed by atoms with Crippen molar-refractivity contribution in [1.82, 2.24) is 9.36 Å². The number of carbonyl (C=O) groups excluding carboxylic acids is 1. The van der Waals surface area contributed by atoms with Crippen LogP contribution in [0.3, 0.4) is 0 Å². The molecule has 18 heavy (non-hydrogen) atoms. The Morgan fingerprint density at radius 2 is 1.78 bits per heavy atom. The summed E-state index contributed by atoms with van der Waals surface area (Å²) < 4.78 is 4.26. The van der Waals surface area contributed by atoms with E-state index in [2.05, 4.69) is 9.36 Å². The number of aryl methyl sites for hydroxylation is 1. The summed E-state index contributed by atoms with van der Waals surface area (Å²) >= 11 is 1.17. The minimum Gasteiger partial charge on any atom is -0.291 e. The fraction of sp³-hybridized carbons (Fsp3) is 0.357. The number of hydrogen-bond donors (Lipinski definition) is 0. The van der Waals surface area contributed by atoms with Crippen LogP contribution >= 0.6 is 11.5 Å². The van der Waals surface area contributed by atoms with Crippen molar-refractivity contribution in [2.45, 2.75) is 27.7 Å². The molecular weight excluding hydrogens is 244 g/mol. The van der Waals surface area contributed by atoms with Gasteiger partial charge in [-0.05, 0) is 18.5 Å².